The topological polar surface area (TPSA) is 69.4 Å². The zero-order chi connectivity index (χ0) is 14.7. The van der Waals surface area contributed by atoms with Crippen molar-refractivity contribution in [3.8, 4) is 5.75 Å². The van der Waals surface area contributed by atoms with Gasteiger partial charge >= 0.3 is 0 Å². The molecule has 0 aliphatic carbocycles. The number of primary amides is 1. The summed E-state index contributed by atoms with van der Waals surface area (Å²) in [5.74, 6) is -1.96. The molecule has 0 radical (unpaired) electrons. The lowest BCUT2D eigenvalue weighted by molar-refractivity contribution is 0.0914. The van der Waals surface area contributed by atoms with Crippen LogP contribution in [-0.4, -0.2) is 18.3 Å². The average molecular weight is 293 g/mol. The second kappa shape index (κ2) is 5.83. The molecule has 4 nitrogen and oxygen atoms in total. The van der Waals surface area contributed by atoms with Crippen LogP contribution in [0.2, 0.25) is 0 Å². The van der Waals surface area contributed by atoms with Crippen LogP contribution in [-0.2, 0) is 0 Å². The number of rotatable bonds is 5. The van der Waals surface area contributed by atoms with Crippen LogP contribution in [0.5, 0.6) is 5.75 Å². The summed E-state index contributed by atoms with van der Waals surface area (Å²) in [6.07, 6.45) is 0. The summed E-state index contributed by atoms with van der Waals surface area (Å²) in [6.45, 7) is 1.61. The maximum absolute atomic E-state index is 13.5. The van der Waals surface area contributed by atoms with Gasteiger partial charge in [-0.25, -0.2) is 4.39 Å². The first-order chi connectivity index (χ1) is 9.49. The van der Waals surface area contributed by atoms with Gasteiger partial charge in [-0.2, -0.15) is 0 Å². The Balaban J connectivity index is 2.13. The van der Waals surface area contributed by atoms with Crippen LogP contribution in [0.4, 0.5) is 4.39 Å². The highest BCUT2D eigenvalue weighted by Crippen LogP contribution is 2.22. The van der Waals surface area contributed by atoms with E-state index >= 15 is 0 Å². The van der Waals surface area contributed by atoms with E-state index in [1.807, 2.05) is 13.0 Å². The Bertz CT molecular complexity index is 666. The van der Waals surface area contributed by atoms with E-state index < -0.39 is 11.7 Å². The highest BCUT2D eigenvalue weighted by atomic mass is 32.1. The highest BCUT2D eigenvalue weighted by Gasteiger charge is 2.16. The molecule has 1 heterocycles. The first-order valence-electron chi connectivity index (χ1n) is 5.80. The summed E-state index contributed by atoms with van der Waals surface area (Å²) in [4.78, 5) is 24.6. The fourth-order valence-electron chi connectivity index (χ4n) is 1.66. The Hall–Kier alpha value is -2.21. The summed E-state index contributed by atoms with van der Waals surface area (Å²) < 4.78 is 18.7. The molecule has 2 N–H and O–H groups in total. The summed E-state index contributed by atoms with van der Waals surface area (Å²) in [7, 11) is 0. The predicted octanol–water partition coefficient (Wildman–Crippen LogP) is 2.56. The van der Waals surface area contributed by atoms with Crippen molar-refractivity contribution in [3.05, 3.63) is 51.5 Å². The van der Waals surface area contributed by atoms with E-state index in [1.165, 1.54) is 23.5 Å². The number of hydrogen-bond donors (Lipinski definition) is 1. The number of aryl methyl sites for hydroxylation is 1. The molecule has 0 bridgehead atoms. The number of benzene rings is 1. The van der Waals surface area contributed by atoms with Crippen LogP contribution in [0.25, 0.3) is 0 Å². The molecular weight excluding hydrogens is 281 g/mol. The lowest BCUT2D eigenvalue weighted by Crippen LogP contribution is -2.17. The second-order valence-corrected chi connectivity index (χ2v) is 5.39. The number of carbonyl (C=O) groups is 2. The summed E-state index contributed by atoms with van der Waals surface area (Å²) in [5.41, 5.74) is 4.75. The van der Waals surface area contributed by atoms with Crippen molar-refractivity contribution in [1.82, 2.24) is 0 Å². The molecule has 1 aromatic carbocycles. The number of halogens is 1. The van der Waals surface area contributed by atoms with Crippen LogP contribution >= 0.6 is 11.3 Å². The standard InChI is InChI=1S/C14H12FNO3S/c1-8-5-6-12(20-8)10(17)7-19-11-4-2-3-9(15)13(11)14(16)18/h2-6H,7H2,1H3,(H2,16,18). The number of hydrogen-bond acceptors (Lipinski definition) is 4. The number of carbonyl (C=O) groups excluding carboxylic acids is 2. The molecule has 20 heavy (non-hydrogen) atoms. The van der Waals surface area contributed by atoms with Crippen LogP contribution in [0, 0.1) is 12.7 Å². The van der Waals surface area contributed by atoms with Gasteiger partial charge in [-0.3, -0.25) is 9.59 Å². The molecule has 6 heteroatoms. The first kappa shape index (κ1) is 14.2. The SMILES string of the molecule is Cc1ccc(C(=O)COc2cccc(F)c2C(N)=O)s1. The van der Waals surface area contributed by atoms with Crippen molar-refractivity contribution in [2.45, 2.75) is 6.92 Å². The first-order valence-corrected chi connectivity index (χ1v) is 6.61. The third-order valence-electron chi connectivity index (χ3n) is 2.60. The van der Waals surface area contributed by atoms with Crippen molar-refractivity contribution < 1.29 is 18.7 Å². The van der Waals surface area contributed by atoms with Gasteiger partial charge in [0.05, 0.1) is 4.88 Å². The Morgan fingerprint density at radius 3 is 2.65 bits per heavy atom. The Morgan fingerprint density at radius 1 is 1.30 bits per heavy atom. The van der Waals surface area contributed by atoms with E-state index in [9.17, 15) is 14.0 Å². The minimum atomic E-state index is -0.933. The van der Waals surface area contributed by atoms with Crippen LogP contribution < -0.4 is 10.5 Å². The van der Waals surface area contributed by atoms with Crippen molar-refractivity contribution in [1.29, 1.82) is 0 Å². The number of ketones is 1. The van der Waals surface area contributed by atoms with E-state index in [0.29, 0.717) is 4.88 Å². The molecule has 1 amide bonds. The average Bonchev–Trinajstić information content (AvgIpc) is 2.82. The molecule has 0 aliphatic heterocycles. The molecule has 104 valence electrons. The Kier molecular flexibility index (Phi) is 4.14. The van der Waals surface area contributed by atoms with E-state index in [0.717, 1.165) is 10.9 Å². The largest absolute Gasteiger partial charge is 0.484 e. The fourth-order valence-corrected chi connectivity index (χ4v) is 2.45. The van der Waals surface area contributed by atoms with E-state index in [2.05, 4.69) is 0 Å². The molecule has 2 aromatic rings. The third-order valence-corrected chi connectivity index (χ3v) is 3.64. The van der Waals surface area contributed by atoms with E-state index in [1.54, 1.807) is 6.07 Å². The van der Waals surface area contributed by atoms with Crippen molar-refractivity contribution in [3.63, 3.8) is 0 Å². The number of thiophene rings is 1. The van der Waals surface area contributed by atoms with Crippen molar-refractivity contribution >= 4 is 23.0 Å². The zero-order valence-electron chi connectivity index (χ0n) is 10.7. The number of nitrogens with two attached hydrogens (primary N) is 1. The molecule has 0 saturated heterocycles. The fraction of sp³-hybridized carbons (Fsp3) is 0.143. The van der Waals surface area contributed by atoms with Gasteiger partial charge in [0.15, 0.2) is 6.61 Å². The third kappa shape index (κ3) is 3.03. The van der Waals surface area contributed by atoms with Crippen molar-refractivity contribution in [2.75, 3.05) is 6.61 Å². The minimum Gasteiger partial charge on any atom is -0.484 e. The van der Waals surface area contributed by atoms with Crippen LogP contribution in [0.1, 0.15) is 24.9 Å². The van der Waals surface area contributed by atoms with E-state index in [-0.39, 0.29) is 23.7 Å². The molecule has 0 aliphatic rings. The van der Waals surface area contributed by atoms with Crippen LogP contribution in [0.15, 0.2) is 30.3 Å². The van der Waals surface area contributed by atoms with Gasteiger partial charge in [0.2, 0.25) is 5.78 Å². The van der Waals surface area contributed by atoms with Gasteiger partial charge in [0.1, 0.15) is 17.1 Å². The quantitative estimate of drug-likeness (QED) is 0.861. The highest BCUT2D eigenvalue weighted by molar-refractivity contribution is 7.14. The summed E-state index contributed by atoms with van der Waals surface area (Å²) >= 11 is 1.35. The van der Waals surface area contributed by atoms with Gasteiger partial charge in [0.25, 0.3) is 5.91 Å². The normalized spacial score (nSPS) is 10.3. The van der Waals surface area contributed by atoms with Gasteiger partial charge in [0, 0.05) is 4.88 Å². The second-order valence-electron chi connectivity index (χ2n) is 4.10. The monoisotopic (exact) mass is 293 g/mol. The maximum atomic E-state index is 13.5. The number of ether oxygens (including phenoxy) is 1. The van der Waals surface area contributed by atoms with Gasteiger partial charge < -0.3 is 10.5 Å². The molecule has 1 aromatic heterocycles. The van der Waals surface area contributed by atoms with Crippen LogP contribution in [0.3, 0.4) is 0 Å². The molecular formula is C14H12FNO3S. The molecule has 0 atom stereocenters. The molecule has 0 unspecified atom stereocenters. The lowest BCUT2D eigenvalue weighted by atomic mass is 10.2. The Labute approximate surface area is 119 Å². The van der Waals surface area contributed by atoms with Crippen molar-refractivity contribution in [2.24, 2.45) is 5.73 Å². The van der Waals surface area contributed by atoms with Gasteiger partial charge in [-0.05, 0) is 31.2 Å². The zero-order valence-corrected chi connectivity index (χ0v) is 11.5. The van der Waals surface area contributed by atoms with Gasteiger partial charge in [-0.1, -0.05) is 6.07 Å². The maximum Gasteiger partial charge on any atom is 0.255 e. The summed E-state index contributed by atoms with van der Waals surface area (Å²) in [6, 6.07) is 7.42. The smallest absolute Gasteiger partial charge is 0.255 e. The number of amides is 1. The molecule has 0 saturated carbocycles. The lowest BCUT2D eigenvalue weighted by Gasteiger charge is -2.09. The number of Topliss-reactive ketones (excluding diaryl/α,β-unsaturated/α-hetero) is 1. The molecule has 2 rings (SSSR count). The Morgan fingerprint density at radius 2 is 2.05 bits per heavy atom. The van der Waals surface area contributed by atoms with Gasteiger partial charge in [-0.15, -0.1) is 11.3 Å². The van der Waals surface area contributed by atoms with E-state index in [4.69, 9.17) is 10.5 Å². The molecule has 0 spiro atoms. The molecule has 0 fully saturated rings. The summed E-state index contributed by atoms with van der Waals surface area (Å²) in [5, 5.41) is 0. The predicted molar refractivity (Wildman–Crippen MR) is 73.8 cm³/mol. The minimum absolute atomic E-state index is 0.0286.